The SMILES string of the molecule is Cc1cc2nc3cc(C)c(N(CCCCCCCCN(C(=O)OC(C)(C)C)c4ccc5nc6cc(C)c(NC(=O)OC(C)(C)C)cc6[n+](-c6ccccc6)c5c4C)C(=O)OC(C)(C)C)cc3[n+](-c3ccccc3)c2cc1NC(=O)OC(C)(C)C.[Cl-].[Cl-]. The van der Waals surface area contributed by atoms with Gasteiger partial charge in [0.15, 0.2) is 0 Å². The molecule has 2 heterocycles. The van der Waals surface area contributed by atoms with E-state index in [4.69, 9.17) is 28.9 Å². The standard InChI is InChI=1S/C68H82N8O8.2ClH/c1-43-37-52-57(40-50(43)71-61(77)81-65(5,6)7)75(47-29-23-21-24-30-47)59-42-56(45(3)39-54(59)70-52)74(64(80)84-68(14,15)16)36-28-20-18-17-19-27-35-73(63(79)83-67(11,12)13)55-34-33-49-60(46(55)4)76(48-31-25-22-26-32-48)58-41-51(44(2)38-53(58)69-49)72-62(78)82-66(8,9)10;;/h21-26,29-34,37-42H,17-20,27-28,35-36H2,1-16H3;2*1H. The van der Waals surface area contributed by atoms with Gasteiger partial charge in [-0.05, 0) is 171 Å². The van der Waals surface area contributed by atoms with E-state index in [0.29, 0.717) is 48.7 Å². The Balaban J connectivity index is 0.00000591. The van der Waals surface area contributed by atoms with E-state index in [1.54, 1.807) is 9.80 Å². The topological polar surface area (TPSA) is 169 Å². The van der Waals surface area contributed by atoms with Gasteiger partial charge in [-0.25, -0.2) is 29.1 Å². The molecular weight excluding hydrogens is 1130 g/mol. The fraction of sp³-hybridized carbons (Fsp3) is 0.412. The summed E-state index contributed by atoms with van der Waals surface area (Å²) < 4.78 is 27.7. The number of nitrogens with zero attached hydrogens (tertiary/aromatic N) is 6. The Hall–Kier alpha value is -7.82. The number of hydrogen-bond donors (Lipinski definition) is 2. The molecule has 6 aromatic carbocycles. The van der Waals surface area contributed by atoms with E-state index in [9.17, 15) is 19.2 Å². The van der Waals surface area contributed by atoms with Crippen LogP contribution >= 0.6 is 0 Å². The third kappa shape index (κ3) is 16.8. The number of nitrogens with one attached hydrogen (secondary N) is 2. The summed E-state index contributed by atoms with van der Waals surface area (Å²) in [5, 5.41) is 5.91. The van der Waals surface area contributed by atoms with Crippen molar-refractivity contribution >= 4 is 91.3 Å². The molecule has 458 valence electrons. The summed E-state index contributed by atoms with van der Waals surface area (Å²) in [6, 6.07) is 35.7. The second kappa shape index (κ2) is 27.3. The number of carbonyl (C=O) groups excluding carboxylic acids is 4. The number of amides is 4. The number of rotatable bonds is 15. The zero-order chi connectivity index (χ0) is 61.1. The van der Waals surface area contributed by atoms with Crippen molar-refractivity contribution in [2.45, 2.75) is 172 Å². The minimum atomic E-state index is -0.741. The van der Waals surface area contributed by atoms with Crippen LogP contribution in [0.3, 0.4) is 0 Å². The Morgan fingerprint density at radius 2 is 0.802 bits per heavy atom. The fourth-order valence-corrected chi connectivity index (χ4v) is 10.3. The first-order chi connectivity index (χ1) is 39.4. The quantitative estimate of drug-likeness (QED) is 0.0436. The molecule has 0 aliphatic heterocycles. The van der Waals surface area contributed by atoms with Gasteiger partial charge in [0.25, 0.3) is 0 Å². The summed E-state index contributed by atoms with van der Waals surface area (Å²) in [4.78, 5) is 68.6. The summed E-state index contributed by atoms with van der Waals surface area (Å²) >= 11 is 0. The molecule has 18 heteroatoms. The molecule has 2 N–H and O–H groups in total. The van der Waals surface area contributed by atoms with Crippen molar-refractivity contribution in [3.05, 3.63) is 131 Å². The number of aryl methyl sites for hydroxylation is 4. The number of benzene rings is 6. The molecule has 8 aromatic rings. The predicted octanol–water partition coefficient (Wildman–Crippen LogP) is 10.1. The number of halogens is 2. The minimum Gasteiger partial charge on any atom is -1.00 e. The fourth-order valence-electron chi connectivity index (χ4n) is 10.3. The van der Waals surface area contributed by atoms with Crippen LogP contribution in [0.2, 0.25) is 0 Å². The maximum atomic E-state index is 14.3. The highest BCUT2D eigenvalue weighted by Crippen LogP contribution is 2.34. The molecule has 0 bridgehead atoms. The van der Waals surface area contributed by atoms with Gasteiger partial charge in [0.2, 0.25) is 33.4 Å². The van der Waals surface area contributed by atoms with Crippen LogP contribution in [0.4, 0.5) is 41.9 Å². The van der Waals surface area contributed by atoms with Crippen LogP contribution in [-0.4, -0.2) is 69.8 Å². The lowest BCUT2D eigenvalue weighted by molar-refractivity contribution is -0.538. The van der Waals surface area contributed by atoms with Gasteiger partial charge in [-0.3, -0.25) is 20.4 Å². The van der Waals surface area contributed by atoms with Crippen molar-refractivity contribution < 1.29 is 72.1 Å². The van der Waals surface area contributed by atoms with E-state index >= 15 is 0 Å². The Morgan fingerprint density at radius 1 is 0.430 bits per heavy atom. The molecule has 0 unspecified atom stereocenters. The summed E-state index contributed by atoms with van der Waals surface area (Å²) in [5.41, 5.74) is 11.0. The first-order valence-electron chi connectivity index (χ1n) is 29.2. The van der Waals surface area contributed by atoms with E-state index in [1.165, 1.54) is 0 Å². The third-order valence-corrected chi connectivity index (χ3v) is 13.9. The molecule has 0 fully saturated rings. The van der Waals surface area contributed by atoms with Crippen LogP contribution in [0.5, 0.6) is 0 Å². The molecule has 0 atom stereocenters. The molecule has 16 nitrogen and oxygen atoms in total. The van der Waals surface area contributed by atoms with Gasteiger partial charge in [0.05, 0.1) is 22.7 Å². The molecule has 0 radical (unpaired) electrons. The van der Waals surface area contributed by atoms with Gasteiger partial charge in [-0.1, -0.05) is 62.1 Å². The number of anilines is 4. The monoisotopic (exact) mass is 1210 g/mol. The van der Waals surface area contributed by atoms with Gasteiger partial charge in [-0.15, -0.1) is 9.13 Å². The number of unbranched alkanes of at least 4 members (excludes halogenated alkanes) is 5. The largest absolute Gasteiger partial charge is 1.00 e. The van der Waals surface area contributed by atoms with Crippen molar-refractivity contribution in [2.24, 2.45) is 0 Å². The first kappa shape index (κ1) is 67.3. The Labute approximate surface area is 518 Å². The lowest BCUT2D eigenvalue weighted by Gasteiger charge is -2.29. The second-order valence-corrected chi connectivity index (χ2v) is 25.7. The number of carbonyl (C=O) groups is 4. The maximum Gasteiger partial charge on any atom is 0.414 e. The highest BCUT2D eigenvalue weighted by Gasteiger charge is 2.32. The van der Waals surface area contributed by atoms with Crippen LogP contribution in [0.15, 0.2) is 109 Å². The summed E-state index contributed by atoms with van der Waals surface area (Å²) in [6.07, 6.45) is 2.96. The van der Waals surface area contributed by atoms with Crippen molar-refractivity contribution in [3.63, 3.8) is 0 Å². The molecule has 0 saturated heterocycles. The van der Waals surface area contributed by atoms with Crippen molar-refractivity contribution in [2.75, 3.05) is 33.5 Å². The van der Waals surface area contributed by atoms with E-state index in [2.05, 4.69) is 19.8 Å². The van der Waals surface area contributed by atoms with Crippen LogP contribution in [0.1, 0.15) is 144 Å². The van der Waals surface area contributed by atoms with Crippen molar-refractivity contribution in [3.8, 4) is 11.4 Å². The van der Waals surface area contributed by atoms with Crippen molar-refractivity contribution in [1.29, 1.82) is 0 Å². The average molecular weight is 1210 g/mol. The van der Waals surface area contributed by atoms with E-state index in [1.807, 2.05) is 220 Å². The van der Waals surface area contributed by atoms with Crippen LogP contribution < -0.4 is 54.4 Å². The third-order valence-electron chi connectivity index (χ3n) is 13.9. The van der Waals surface area contributed by atoms with Gasteiger partial charge < -0.3 is 43.8 Å². The Morgan fingerprint density at radius 3 is 1.24 bits per heavy atom. The van der Waals surface area contributed by atoms with Crippen LogP contribution in [0, 0.1) is 27.7 Å². The molecule has 2 aromatic heterocycles. The summed E-state index contributed by atoms with van der Waals surface area (Å²) in [6.45, 7) is 30.9. The average Bonchev–Trinajstić information content (AvgIpc) is 0.821. The number of aromatic nitrogens is 4. The summed E-state index contributed by atoms with van der Waals surface area (Å²) in [5.74, 6) is 0. The van der Waals surface area contributed by atoms with Crippen molar-refractivity contribution in [1.82, 2.24) is 9.97 Å². The number of fused-ring (bicyclic) bond motifs is 4. The number of hydrogen-bond acceptors (Lipinski definition) is 10. The van der Waals surface area contributed by atoms with E-state index in [0.717, 1.165) is 103 Å². The normalized spacial score (nSPS) is 11.9. The molecule has 86 heavy (non-hydrogen) atoms. The van der Waals surface area contributed by atoms with Crippen LogP contribution in [0.25, 0.3) is 55.5 Å². The van der Waals surface area contributed by atoms with Gasteiger partial charge >= 0.3 is 24.4 Å². The van der Waals surface area contributed by atoms with Crippen LogP contribution in [-0.2, 0) is 18.9 Å². The molecule has 0 aliphatic rings. The number of ether oxygens (including phenoxy) is 4. The number of para-hydroxylation sites is 2. The lowest BCUT2D eigenvalue weighted by Crippen LogP contribution is -3.00. The molecule has 4 amide bonds. The zero-order valence-electron chi connectivity index (χ0n) is 52.8. The van der Waals surface area contributed by atoms with E-state index < -0.39 is 46.8 Å². The zero-order valence-corrected chi connectivity index (χ0v) is 54.3. The highest BCUT2D eigenvalue weighted by molar-refractivity contribution is 5.97. The Bertz CT molecular complexity index is 3720. The highest BCUT2D eigenvalue weighted by atomic mass is 35.5. The molecule has 0 aliphatic carbocycles. The molecule has 0 spiro atoms. The van der Waals surface area contributed by atoms with Gasteiger partial charge in [-0.2, -0.15) is 0 Å². The first-order valence-corrected chi connectivity index (χ1v) is 29.2. The van der Waals surface area contributed by atoms with Gasteiger partial charge in [0.1, 0.15) is 44.5 Å². The maximum absolute atomic E-state index is 14.3. The predicted molar refractivity (Wildman–Crippen MR) is 335 cm³/mol. The smallest absolute Gasteiger partial charge is 0.414 e. The Kier molecular flexibility index (Phi) is 21.3. The second-order valence-electron chi connectivity index (χ2n) is 25.7. The van der Waals surface area contributed by atoms with E-state index in [-0.39, 0.29) is 24.8 Å². The minimum absolute atomic E-state index is 0. The molecule has 0 saturated carbocycles. The summed E-state index contributed by atoms with van der Waals surface area (Å²) in [7, 11) is 0. The molecule has 8 rings (SSSR count). The lowest BCUT2D eigenvalue weighted by atomic mass is 10.1. The molecular formula is C68H84Cl2N8O8. The van der Waals surface area contributed by atoms with Gasteiger partial charge in [0, 0.05) is 61.1 Å².